The second-order valence-corrected chi connectivity index (χ2v) is 11.2. The van der Waals surface area contributed by atoms with Crippen LogP contribution in [0, 0.1) is 0 Å². The molecule has 0 aliphatic heterocycles. The highest BCUT2D eigenvalue weighted by Gasteiger charge is 2.22. The summed E-state index contributed by atoms with van der Waals surface area (Å²) in [6, 6.07) is 56.8. The van der Waals surface area contributed by atoms with Gasteiger partial charge in [0.2, 0.25) is 0 Å². The van der Waals surface area contributed by atoms with E-state index in [9.17, 15) is 0 Å². The molecule has 0 aliphatic rings. The van der Waals surface area contributed by atoms with Gasteiger partial charge in [0.05, 0.1) is 0 Å². The van der Waals surface area contributed by atoms with Crippen LogP contribution in [0.5, 0.6) is 0 Å². The summed E-state index contributed by atoms with van der Waals surface area (Å²) in [5.41, 5.74) is 9.17. The van der Waals surface area contributed by atoms with Crippen LogP contribution in [-0.4, -0.2) is 0 Å². The molecule has 1 nitrogen and oxygen atoms in total. The average Bonchev–Trinajstić information content (AvgIpc) is 3.46. The fourth-order valence-corrected chi connectivity index (χ4v) is 7.00. The smallest absolute Gasteiger partial charge is 0.136 e. The molecule has 0 N–H and O–H groups in total. The first-order valence-corrected chi connectivity index (χ1v) is 14.8. The molecule has 9 rings (SSSR count). The van der Waals surface area contributed by atoms with Crippen molar-refractivity contribution >= 4 is 54.3 Å². The molecule has 0 saturated carbocycles. The van der Waals surface area contributed by atoms with Crippen molar-refractivity contribution in [3.63, 3.8) is 0 Å². The molecule has 0 radical (unpaired) electrons. The molecule has 0 fully saturated rings. The third kappa shape index (κ3) is 3.65. The molecule has 43 heavy (non-hydrogen) atoms. The van der Waals surface area contributed by atoms with Crippen LogP contribution in [0.2, 0.25) is 0 Å². The summed E-state index contributed by atoms with van der Waals surface area (Å²) < 4.78 is 6.44. The van der Waals surface area contributed by atoms with Crippen molar-refractivity contribution in [2.45, 2.75) is 0 Å². The molecule has 0 saturated heterocycles. The van der Waals surface area contributed by atoms with Gasteiger partial charge in [-0.3, -0.25) is 0 Å². The Bertz CT molecular complexity index is 2440. The van der Waals surface area contributed by atoms with Gasteiger partial charge in [-0.05, 0) is 84.4 Å². The van der Waals surface area contributed by atoms with Crippen molar-refractivity contribution in [2.24, 2.45) is 0 Å². The van der Waals surface area contributed by atoms with E-state index < -0.39 is 0 Å². The lowest BCUT2D eigenvalue weighted by Crippen LogP contribution is -1.93. The number of furan rings is 1. The summed E-state index contributed by atoms with van der Waals surface area (Å²) in [7, 11) is 0. The Kier molecular flexibility index (Phi) is 5.27. The topological polar surface area (TPSA) is 13.1 Å². The predicted octanol–water partition coefficient (Wildman–Crippen LogP) is 12.0. The van der Waals surface area contributed by atoms with Gasteiger partial charge in [-0.2, -0.15) is 0 Å². The molecule has 9 aromatic rings. The van der Waals surface area contributed by atoms with Gasteiger partial charge in [-0.15, -0.1) is 0 Å². The fraction of sp³-hybridized carbons (Fsp3) is 0. The van der Waals surface area contributed by atoms with Crippen molar-refractivity contribution in [1.82, 2.24) is 0 Å². The third-order valence-corrected chi connectivity index (χ3v) is 8.84. The highest BCUT2D eigenvalue weighted by Crippen LogP contribution is 2.49. The summed E-state index contributed by atoms with van der Waals surface area (Å²) in [5.74, 6) is 0. The third-order valence-electron chi connectivity index (χ3n) is 8.84. The van der Waals surface area contributed by atoms with E-state index >= 15 is 0 Å². The molecule has 0 spiro atoms. The maximum atomic E-state index is 6.44. The van der Waals surface area contributed by atoms with E-state index in [4.69, 9.17) is 4.42 Å². The Labute approximate surface area is 249 Å². The second kappa shape index (κ2) is 9.44. The highest BCUT2D eigenvalue weighted by molar-refractivity contribution is 6.25. The lowest BCUT2D eigenvalue weighted by molar-refractivity contribution is 0.669. The molecule has 0 atom stereocenters. The summed E-state index contributed by atoms with van der Waals surface area (Å²) in [5, 5.41) is 9.75. The van der Waals surface area contributed by atoms with Crippen molar-refractivity contribution in [3.05, 3.63) is 158 Å². The quantitative estimate of drug-likeness (QED) is 0.201. The largest absolute Gasteiger partial charge is 0.456 e. The fourth-order valence-electron chi connectivity index (χ4n) is 7.00. The minimum Gasteiger partial charge on any atom is -0.456 e. The van der Waals surface area contributed by atoms with Crippen LogP contribution < -0.4 is 0 Å². The van der Waals surface area contributed by atoms with Gasteiger partial charge in [0.25, 0.3) is 0 Å². The van der Waals surface area contributed by atoms with Crippen molar-refractivity contribution in [2.75, 3.05) is 0 Å². The van der Waals surface area contributed by atoms with Gasteiger partial charge in [0.1, 0.15) is 11.2 Å². The molecule has 8 aromatic carbocycles. The van der Waals surface area contributed by atoms with Crippen LogP contribution in [-0.2, 0) is 0 Å². The zero-order valence-corrected chi connectivity index (χ0v) is 23.4. The van der Waals surface area contributed by atoms with E-state index in [-0.39, 0.29) is 0 Å². The Hall–Kier alpha value is -5.66. The van der Waals surface area contributed by atoms with Crippen molar-refractivity contribution in [1.29, 1.82) is 0 Å². The van der Waals surface area contributed by atoms with Gasteiger partial charge in [-0.1, -0.05) is 133 Å². The molecule has 0 aliphatic carbocycles. The number of hydrogen-bond acceptors (Lipinski definition) is 1. The standard InChI is InChI=1S/C42H26O/c1-2-13-28(14-3-1)39-31-16-6-8-18-33(31)41(34-19-9-7-17-32(34)39)36-24-25-38-42(35-20-10-11-21-37(35)43-38)40(36)30-23-22-27-12-4-5-15-29(27)26-30/h1-26H. The zero-order valence-electron chi connectivity index (χ0n) is 23.4. The van der Waals surface area contributed by atoms with Crippen LogP contribution in [0.25, 0.3) is 87.6 Å². The number of hydrogen-bond donors (Lipinski definition) is 0. The van der Waals surface area contributed by atoms with Gasteiger partial charge in [-0.25, -0.2) is 0 Å². The minimum atomic E-state index is 0.905. The first-order chi connectivity index (χ1) is 21.3. The summed E-state index contributed by atoms with van der Waals surface area (Å²) in [6.45, 7) is 0. The Balaban J connectivity index is 1.48. The SMILES string of the molecule is c1ccc(-c2c3ccccc3c(-c3ccc4oc5ccccc5c4c3-c3ccc4ccccc4c3)c3ccccc23)cc1. The molecule has 1 heterocycles. The Morgan fingerprint density at radius 1 is 0.326 bits per heavy atom. The van der Waals surface area contributed by atoms with E-state index in [2.05, 4.69) is 152 Å². The van der Waals surface area contributed by atoms with E-state index in [0.29, 0.717) is 0 Å². The molecule has 1 aromatic heterocycles. The minimum absolute atomic E-state index is 0.905. The number of fused-ring (bicyclic) bond motifs is 6. The monoisotopic (exact) mass is 546 g/mol. The van der Waals surface area contributed by atoms with E-state index in [0.717, 1.165) is 21.9 Å². The molecule has 0 bridgehead atoms. The molecular weight excluding hydrogens is 520 g/mol. The highest BCUT2D eigenvalue weighted by atomic mass is 16.3. The van der Waals surface area contributed by atoms with E-state index in [1.165, 1.54) is 65.7 Å². The van der Waals surface area contributed by atoms with Crippen LogP contribution in [0.1, 0.15) is 0 Å². The van der Waals surface area contributed by atoms with Gasteiger partial charge in [0, 0.05) is 16.3 Å². The van der Waals surface area contributed by atoms with Crippen LogP contribution in [0.3, 0.4) is 0 Å². The summed E-state index contributed by atoms with van der Waals surface area (Å²) in [6.07, 6.45) is 0. The number of rotatable bonds is 3. The number of para-hydroxylation sites is 1. The Morgan fingerprint density at radius 2 is 0.907 bits per heavy atom. The Morgan fingerprint density at radius 3 is 1.63 bits per heavy atom. The second-order valence-electron chi connectivity index (χ2n) is 11.2. The van der Waals surface area contributed by atoms with E-state index in [1.54, 1.807) is 0 Å². The van der Waals surface area contributed by atoms with Gasteiger partial charge in [0.15, 0.2) is 0 Å². The van der Waals surface area contributed by atoms with Crippen LogP contribution in [0.4, 0.5) is 0 Å². The average molecular weight is 547 g/mol. The van der Waals surface area contributed by atoms with Crippen molar-refractivity contribution in [3.8, 4) is 33.4 Å². The van der Waals surface area contributed by atoms with Crippen LogP contribution in [0.15, 0.2) is 162 Å². The lowest BCUT2D eigenvalue weighted by atomic mass is 9.82. The predicted molar refractivity (Wildman–Crippen MR) is 183 cm³/mol. The zero-order chi connectivity index (χ0) is 28.3. The maximum Gasteiger partial charge on any atom is 0.136 e. The summed E-state index contributed by atoms with van der Waals surface area (Å²) >= 11 is 0. The summed E-state index contributed by atoms with van der Waals surface area (Å²) in [4.78, 5) is 0. The normalized spacial score (nSPS) is 11.7. The molecule has 200 valence electrons. The number of benzene rings is 8. The van der Waals surface area contributed by atoms with Crippen molar-refractivity contribution < 1.29 is 4.42 Å². The maximum absolute atomic E-state index is 6.44. The lowest BCUT2D eigenvalue weighted by Gasteiger charge is -2.20. The first kappa shape index (κ1) is 24.0. The van der Waals surface area contributed by atoms with E-state index in [1.807, 2.05) is 6.07 Å². The molecular formula is C42H26O. The van der Waals surface area contributed by atoms with Crippen LogP contribution >= 0.6 is 0 Å². The van der Waals surface area contributed by atoms with Gasteiger partial charge < -0.3 is 4.42 Å². The van der Waals surface area contributed by atoms with Gasteiger partial charge >= 0.3 is 0 Å². The molecule has 1 heteroatoms. The molecule has 0 unspecified atom stereocenters. The molecule has 0 amide bonds. The first-order valence-electron chi connectivity index (χ1n) is 14.8.